The van der Waals surface area contributed by atoms with E-state index in [4.69, 9.17) is 9.26 Å². The molecule has 0 saturated carbocycles. The van der Waals surface area contributed by atoms with E-state index in [-0.39, 0.29) is 23.8 Å². The van der Waals surface area contributed by atoms with Gasteiger partial charge in [0.1, 0.15) is 11.3 Å². The summed E-state index contributed by atoms with van der Waals surface area (Å²) in [5.74, 6) is -0.223. The van der Waals surface area contributed by atoms with Crippen LogP contribution in [0.15, 0.2) is 51.5 Å². The summed E-state index contributed by atoms with van der Waals surface area (Å²) >= 11 is 3.24. The number of carbonyl (C=O) groups excluding carboxylic acids is 1. The number of benzene rings is 2. The number of phenols is 1. The quantitative estimate of drug-likeness (QED) is 0.682. The predicted octanol–water partition coefficient (Wildman–Crippen LogP) is 3.87. The molecule has 0 fully saturated rings. The number of hydrogen-bond acceptors (Lipinski definition) is 6. The number of rotatable bonds is 4. The first kappa shape index (κ1) is 16.2. The normalized spacial score (nSPS) is 10.6. The Labute approximate surface area is 146 Å². The van der Waals surface area contributed by atoms with E-state index in [1.807, 2.05) is 31.2 Å². The van der Waals surface area contributed by atoms with Crippen LogP contribution in [0.2, 0.25) is 0 Å². The first-order valence-electron chi connectivity index (χ1n) is 7.09. The van der Waals surface area contributed by atoms with E-state index in [1.54, 1.807) is 6.07 Å². The number of nitrogens with zero attached hydrogens (tertiary/aromatic N) is 2. The highest BCUT2D eigenvalue weighted by molar-refractivity contribution is 9.10. The molecule has 1 N–H and O–H groups in total. The number of aryl methyl sites for hydroxylation is 1. The molecule has 0 aliphatic heterocycles. The van der Waals surface area contributed by atoms with Crippen molar-refractivity contribution in [1.82, 2.24) is 10.1 Å². The minimum absolute atomic E-state index is 0.0583. The first-order chi connectivity index (χ1) is 11.5. The summed E-state index contributed by atoms with van der Waals surface area (Å²) in [4.78, 5) is 16.2. The minimum Gasteiger partial charge on any atom is -0.507 e. The molecule has 1 heterocycles. The average molecular weight is 389 g/mol. The minimum atomic E-state index is -0.676. The van der Waals surface area contributed by atoms with Crippen LogP contribution in [0.25, 0.3) is 11.4 Å². The maximum atomic E-state index is 12.0. The molecule has 122 valence electrons. The van der Waals surface area contributed by atoms with Crippen molar-refractivity contribution in [2.75, 3.05) is 0 Å². The fourth-order valence-electron chi connectivity index (χ4n) is 2.12. The fraction of sp³-hybridized carbons (Fsp3) is 0.118. The number of carbonyl (C=O) groups is 1. The first-order valence-corrected chi connectivity index (χ1v) is 7.88. The molecular weight excluding hydrogens is 376 g/mol. The van der Waals surface area contributed by atoms with Gasteiger partial charge in [-0.25, -0.2) is 4.79 Å². The Balaban J connectivity index is 1.71. The average Bonchev–Trinajstić information content (AvgIpc) is 3.04. The zero-order valence-electron chi connectivity index (χ0n) is 12.7. The molecule has 0 aliphatic rings. The molecule has 0 aliphatic carbocycles. The predicted molar refractivity (Wildman–Crippen MR) is 89.4 cm³/mol. The van der Waals surface area contributed by atoms with E-state index >= 15 is 0 Å². The van der Waals surface area contributed by atoms with Gasteiger partial charge in [0.25, 0.3) is 5.89 Å². The van der Waals surface area contributed by atoms with Gasteiger partial charge in [0, 0.05) is 10.0 Å². The van der Waals surface area contributed by atoms with Crippen LogP contribution >= 0.6 is 15.9 Å². The zero-order chi connectivity index (χ0) is 17.1. The van der Waals surface area contributed by atoms with E-state index in [0.717, 1.165) is 11.1 Å². The van der Waals surface area contributed by atoms with Crippen molar-refractivity contribution < 1.29 is 19.2 Å². The molecular formula is C17H13BrN2O4. The van der Waals surface area contributed by atoms with Crippen molar-refractivity contribution >= 4 is 21.9 Å². The second kappa shape index (κ2) is 6.84. The van der Waals surface area contributed by atoms with Crippen molar-refractivity contribution in [2.45, 2.75) is 13.5 Å². The third kappa shape index (κ3) is 3.46. The molecule has 7 heteroatoms. The molecule has 6 nitrogen and oxygen atoms in total. The molecule has 0 unspecified atom stereocenters. The van der Waals surface area contributed by atoms with Gasteiger partial charge in [0.2, 0.25) is 5.82 Å². The number of aromatic hydroxyl groups is 1. The van der Waals surface area contributed by atoms with Crippen molar-refractivity contribution in [3.63, 3.8) is 0 Å². The van der Waals surface area contributed by atoms with Gasteiger partial charge in [-0.1, -0.05) is 45.4 Å². The van der Waals surface area contributed by atoms with E-state index < -0.39 is 5.97 Å². The number of phenolic OH excluding ortho intramolecular Hbond substituents is 1. The summed E-state index contributed by atoms with van der Waals surface area (Å²) in [6, 6.07) is 12.1. The van der Waals surface area contributed by atoms with Crippen LogP contribution in [0, 0.1) is 6.92 Å². The van der Waals surface area contributed by atoms with Gasteiger partial charge in [0.05, 0.1) is 0 Å². The van der Waals surface area contributed by atoms with Crippen LogP contribution in [-0.2, 0) is 11.3 Å². The number of hydrogen-bond donors (Lipinski definition) is 1. The topological polar surface area (TPSA) is 85.5 Å². The van der Waals surface area contributed by atoms with E-state index in [1.165, 1.54) is 12.1 Å². The third-order valence-corrected chi connectivity index (χ3v) is 3.85. The number of esters is 1. The number of halogens is 1. The highest BCUT2D eigenvalue weighted by Crippen LogP contribution is 2.23. The van der Waals surface area contributed by atoms with Crippen molar-refractivity contribution in [2.24, 2.45) is 0 Å². The lowest BCUT2D eigenvalue weighted by Crippen LogP contribution is -2.05. The molecule has 1 aromatic heterocycles. The Hall–Kier alpha value is -2.67. The second-order valence-electron chi connectivity index (χ2n) is 5.06. The van der Waals surface area contributed by atoms with Gasteiger partial charge in [-0.15, -0.1) is 0 Å². The van der Waals surface area contributed by atoms with Crippen LogP contribution in [-0.4, -0.2) is 21.2 Å². The maximum Gasteiger partial charge on any atom is 0.342 e. The Kier molecular flexibility index (Phi) is 4.61. The second-order valence-corrected chi connectivity index (χ2v) is 5.98. The monoisotopic (exact) mass is 388 g/mol. The third-order valence-electron chi connectivity index (χ3n) is 3.36. The number of ether oxygens (including phenoxy) is 1. The summed E-state index contributed by atoms with van der Waals surface area (Å²) in [5, 5.41) is 13.6. The van der Waals surface area contributed by atoms with E-state index in [0.29, 0.717) is 10.3 Å². The van der Waals surface area contributed by atoms with Gasteiger partial charge < -0.3 is 14.4 Å². The lowest BCUT2D eigenvalue weighted by molar-refractivity contribution is 0.0426. The van der Waals surface area contributed by atoms with Crippen LogP contribution in [0.5, 0.6) is 5.75 Å². The van der Waals surface area contributed by atoms with Crippen molar-refractivity contribution in [3.05, 3.63) is 64.0 Å². The van der Waals surface area contributed by atoms with Gasteiger partial charge >= 0.3 is 5.97 Å². The fourth-order valence-corrected chi connectivity index (χ4v) is 2.48. The van der Waals surface area contributed by atoms with E-state index in [9.17, 15) is 9.90 Å². The van der Waals surface area contributed by atoms with E-state index in [2.05, 4.69) is 26.1 Å². The van der Waals surface area contributed by atoms with Gasteiger partial charge in [0.15, 0.2) is 6.61 Å². The number of aromatic nitrogens is 2. The Bertz CT molecular complexity index is 892. The SMILES string of the molecule is Cc1ccccc1-c1noc(COC(=O)c2cc(Br)ccc2O)n1. The molecule has 2 aromatic carbocycles. The lowest BCUT2D eigenvalue weighted by atomic mass is 10.1. The molecule has 0 spiro atoms. The summed E-state index contributed by atoms with van der Waals surface area (Å²) in [6.45, 7) is 1.77. The molecule has 0 bridgehead atoms. The highest BCUT2D eigenvalue weighted by Gasteiger charge is 2.16. The summed E-state index contributed by atoms with van der Waals surface area (Å²) in [7, 11) is 0. The molecule has 0 radical (unpaired) electrons. The summed E-state index contributed by atoms with van der Waals surface area (Å²) in [5.41, 5.74) is 1.92. The van der Waals surface area contributed by atoms with Crippen LogP contribution in [0.3, 0.4) is 0 Å². The molecule has 0 saturated heterocycles. The maximum absolute atomic E-state index is 12.0. The zero-order valence-corrected chi connectivity index (χ0v) is 14.3. The molecule has 24 heavy (non-hydrogen) atoms. The summed E-state index contributed by atoms with van der Waals surface area (Å²) in [6.07, 6.45) is 0. The molecule has 0 atom stereocenters. The highest BCUT2D eigenvalue weighted by atomic mass is 79.9. The largest absolute Gasteiger partial charge is 0.507 e. The lowest BCUT2D eigenvalue weighted by Gasteiger charge is -2.04. The smallest absolute Gasteiger partial charge is 0.342 e. The van der Waals surface area contributed by atoms with Crippen LogP contribution in [0.4, 0.5) is 0 Å². The van der Waals surface area contributed by atoms with Gasteiger partial charge in [-0.05, 0) is 30.7 Å². The molecule has 0 amide bonds. The Morgan fingerprint density at radius 3 is 2.88 bits per heavy atom. The van der Waals surface area contributed by atoms with Crippen molar-refractivity contribution in [1.29, 1.82) is 0 Å². The van der Waals surface area contributed by atoms with Crippen molar-refractivity contribution in [3.8, 4) is 17.1 Å². The molecule has 3 rings (SSSR count). The Morgan fingerprint density at radius 1 is 1.29 bits per heavy atom. The van der Waals surface area contributed by atoms with Gasteiger partial charge in [-0.2, -0.15) is 4.98 Å². The van der Waals surface area contributed by atoms with Gasteiger partial charge in [-0.3, -0.25) is 0 Å². The standard InChI is InChI=1S/C17H13BrN2O4/c1-10-4-2-3-5-12(10)16-19-15(24-20-16)9-23-17(22)13-8-11(18)6-7-14(13)21/h2-8,21H,9H2,1H3. The van der Waals surface area contributed by atoms with Crippen LogP contribution < -0.4 is 0 Å². The van der Waals surface area contributed by atoms with Crippen LogP contribution in [0.1, 0.15) is 21.8 Å². The summed E-state index contributed by atoms with van der Waals surface area (Å²) < 4.78 is 10.9. The molecule has 3 aromatic rings. The Morgan fingerprint density at radius 2 is 2.08 bits per heavy atom.